The van der Waals surface area contributed by atoms with E-state index in [1.54, 1.807) is 37.6 Å². The Balaban J connectivity index is 0.00000420. The Morgan fingerprint density at radius 2 is 1.79 bits per heavy atom. The van der Waals surface area contributed by atoms with Crippen molar-refractivity contribution in [2.24, 2.45) is 4.99 Å². The molecule has 0 radical (unpaired) electrons. The number of aliphatic imine (C=N–C) groups is 1. The summed E-state index contributed by atoms with van der Waals surface area (Å²) >= 11 is 1.70. The summed E-state index contributed by atoms with van der Waals surface area (Å²) in [5.74, 6) is 1.12. The number of hydrogen-bond acceptors (Lipinski definition) is 4. The molecule has 6 nitrogen and oxygen atoms in total. The van der Waals surface area contributed by atoms with E-state index >= 15 is 0 Å². The van der Waals surface area contributed by atoms with Gasteiger partial charge in [-0.2, -0.15) is 15.6 Å². The molecule has 162 valence electrons. The zero-order valence-corrected chi connectivity index (χ0v) is 21.5. The monoisotopic (exact) mass is 550 g/mol. The van der Waals surface area contributed by atoms with Crippen molar-refractivity contribution in [2.45, 2.75) is 44.2 Å². The third kappa shape index (κ3) is 7.23. The Morgan fingerprint density at radius 1 is 1.14 bits per heavy atom. The third-order valence-electron chi connectivity index (χ3n) is 4.70. The van der Waals surface area contributed by atoms with Gasteiger partial charge < -0.3 is 10.6 Å². The summed E-state index contributed by atoms with van der Waals surface area (Å²) < 4.78 is 26.4. The molecule has 1 aromatic heterocycles. The topological polar surface area (TPSA) is 73.8 Å². The van der Waals surface area contributed by atoms with Gasteiger partial charge in [0, 0.05) is 33.2 Å². The van der Waals surface area contributed by atoms with E-state index in [0.29, 0.717) is 17.4 Å². The summed E-state index contributed by atoms with van der Waals surface area (Å²) in [6.07, 6.45) is 0. The summed E-state index contributed by atoms with van der Waals surface area (Å²) in [6, 6.07) is 9.02. The van der Waals surface area contributed by atoms with Gasteiger partial charge in [-0.05, 0) is 59.9 Å². The largest absolute Gasteiger partial charge is 0.356 e. The van der Waals surface area contributed by atoms with Crippen LogP contribution in [0.15, 0.2) is 51.0 Å². The summed E-state index contributed by atoms with van der Waals surface area (Å²) in [5, 5.41) is 10.8. The molecule has 0 saturated carbocycles. The minimum atomic E-state index is -3.45. The second-order valence-corrected chi connectivity index (χ2v) is 9.80. The number of sulfonamides is 1. The van der Waals surface area contributed by atoms with Gasteiger partial charge in [0.25, 0.3) is 0 Å². The average Bonchev–Trinajstić information content (AvgIpc) is 3.22. The molecule has 0 saturated heterocycles. The molecule has 0 amide bonds. The average molecular weight is 551 g/mol. The quantitative estimate of drug-likeness (QED) is 0.298. The van der Waals surface area contributed by atoms with Gasteiger partial charge in [-0.3, -0.25) is 4.99 Å². The van der Waals surface area contributed by atoms with Crippen LogP contribution in [-0.4, -0.2) is 45.4 Å². The van der Waals surface area contributed by atoms with Crippen LogP contribution in [0.5, 0.6) is 0 Å². The predicted molar refractivity (Wildman–Crippen MR) is 133 cm³/mol. The lowest BCUT2D eigenvalue weighted by Gasteiger charge is -2.21. The van der Waals surface area contributed by atoms with Gasteiger partial charge in [0.05, 0.1) is 4.90 Å². The molecule has 2 rings (SSSR count). The highest BCUT2D eigenvalue weighted by Crippen LogP contribution is 2.18. The molecule has 0 aliphatic heterocycles. The third-order valence-corrected chi connectivity index (χ3v) is 7.45. The van der Waals surface area contributed by atoms with Gasteiger partial charge >= 0.3 is 0 Å². The van der Waals surface area contributed by atoms with Crippen molar-refractivity contribution < 1.29 is 8.42 Å². The maximum absolute atomic E-state index is 12.5. The fourth-order valence-corrected chi connectivity index (χ4v) is 4.70. The van der Waals surface area contributed by atoms with E-state index in [1.807, 2.05) is 26.0 Å². The van der Waals surface area contributed by atoms with E-state index in [1.165, 1.54) is 9.87 Å². The van der Waals surface area contributed by atoms with Crippen LogP contribution in [-0.2, 0) is 16.6 Å². The molecule has 0 aliphatic rings. The summed E-state index contributed by atoms with van der Waals surface area (Å²) in [7, 11) is -0.115. The van der Waals surface area contributed by atoms with Gasteiger partial charge in [0.2, 0.25) is 10.0 Å². The van der Waals surface area contributed by atoms with E-state index in [-0.39, 0.29) is 30.0 Å². The van der Waals surface area contributed by atoms with Crippen LogP contribution in [0.1, 0.15) is 37.8 Å². The van der Waals surface area contributed by atoms with Crippen LogP contribution in [0, 0.1) is 0 Å². The fraction of sp³-hybridized carbons (Fsp3) is 0.450. The number of halogens is 1. The lowest BCUT2D eigenvalue weighted by molar-refractivity contribution is 0.410. The van der Waals surface area contributed by atoms with Crippen molar-refractivity contribution in [1.29, 1.82) is 0 Å². The molecule has 0 aliphatic carbocycles. The number of hydrogen-bond donors (Lipinski definition) is 2. The molecular weight excluding hydrogens is 519 g/mol. The first-order valence-corrected chi connectivity index (χ1v) is 11.7. The molecule has 2 aromatic rings. The molecule has 1 aromatic carbocycles. The van der Waals surface area contributed by atoms with E-state index in [9.17, 15) is 8.42 Å². The fourth-order valence-electron chi connectivity index (χ4n) is 2.55. The van der Waals surface area contributed by atoms with E-state index in [0.717, 1.165) is 18.1 Å². The van der Waals surface area contributed by atoms with Crippen molar-refractivity contribution in [2.75, 3.05) is 20.6 Å². The highest BCUT2D eigenvalue weighted by Gasteiger charge is 2.22. The van der Waals surface area contributed by atoms with Crippen LogP contribution in [0.4, 0.5) is 0 Å². The van der Waals surface area contributed by atoms with Crippen LogP contribution in [0.3, 0.4) is 0 Å². The van der Waals surface area contributed by atoms with Crippen molar-refractivity contribution in [3.05, 3.63) is 52.2 Å². The molecular formula is C20H31IN4O2S2. The Labute approximate surface area is 195 Å². The Morgan fingerprint density at radius 3 is 2.31 bits per heavy atom. The lowest BCUT2D eigenvalue weighted by Crippen LogP contribution is -2.38. The lowest BCUT2D eigenvalue weighted by atomic mass is 10.1. The van der Waals surface area contributed by atoms with Crippen LogP contribution in [0.25, 0.3) is 0 Å². The van der Waals surface area contributed by atoms with Gasteiger partial charge in [-0.15, -0.1) is 24.0 Å². The molecule has 1 unspecified atom stereocenters. The van der Waals surface area contributed by atoms with Gasteiger partial charge in [0.1, 0.15) is 0 Å². The highest BCUT2D eigenvalue weighted by atomic mass is 127. The van der Waals surface area contributed by atoms with Crippen molar-refractivity contribution in [3.8, 4) is 0 Å². The minimum Gasteiger partial charge on any atom is -0.356 e. The zero-order valence-electron chi connectivity index (χ0n) is 17.5. The molecule has 0 spiro atoms. The molecule has 1 atom stereocenters. The maximum Gasteiger partial charge on any atom is 0.243 e. The Hall–Kier alpha value is -1.17. The van der Waals surface area contributed by atoms with E-state index < -0.39 is 10.0 Å². The number of benzene rings is 1. The number of nitrogens with zero attached hydrogens (tertiary/aromatic N) is 2. The molecule has 0 fully saturated rings. The molecule has 9 heteroatoms. The number of nitrogens with one attached hydrogen (secondary N) is 2. The van der Waals surface area contributed by atoms with Crippen LogP contribution in [0.2, 0.25) is 0 Å². The van der Waals surface area contributed by atoms with Crippen LogP contribution < -0.4 is 10.6 Å². The van der Waals surface area contributed by atoms with Gasteiger partial charge in [0.15, 0.2) is 5.96 Å². The molecule has 2 N–H and O–H groups in total. The molecule has 0 bridgehead atoms. The molecule has 1 heterocycles. The minimum absolute atomic E-state index is 0. The second kappa shape index (κ2) is 11.9. The SMILES string of the molecule is CN=C(NCc1ccc(S(=O)(=O)N(C)C(C)C)cc1)NCC(C)c1ccsc1.I. The highest BCUT2D eigenvalue weighted by molar-refractivity contribution is 14.0. The number of rotatable bonds is 8. The normalized spacial score (nSPS) is 13.3. The summed E-state index contributed by atoms with van der Waals surface area (Å²) in [4.78, 5) is 4.56. The van der Waals surface area contributed by atoms with Crippen molar-refractivity contribution in [3.63, 3.8) is 0 Å². The maximum atomic E-state index is 12.5. The first-order chi connectivity index (χ1) is 13.3. The number of guanidine groups is 1. The number of thiophene rings is 1. The van der Waals surface area contributed by atoms with Gasteiger partial charge in [-0.25, -0.2) is 8.42 Å². The van der Waals surface area contributed by atoms with E-state index in [2.05, 4.69) is 39.4 Å². The van der Waals surface area contributed by atoms with Crippen LogP contribution >= 0.6 is 35.3 Å². The summed E-state index contributed by atoms with van der Waals surface area (Å²) in [6.45, 7) is 7.24. The standard InChI is InChI=1S/C20H30N4O2S2.HI/c1-15(2)24(5)28(25,26)19-8-6-17(7-9-19)13-23-20(21-4)22-12-16(3)18-10-11-27-14-18;/h6-11,14-16H,12-13H2,1-5H3,(H2,21,22,23);1H. The van der Waals surface area contributed by atoms with E-state index in [4.69, 9.17) is 0 Å². The Bertz CT molecular complexity index is 866. The van der Waals surface area contributed by atoms with Crippen molar-refractivity contribution >= 4 is 51.3 Å². The van der Waals surface area contributed by atoms with Gasteiger partial charge in [-0.1, -0.05) is 19.1 Å². The summed E-state index contributed by atoms with van der Waals surface area (Å²) in [5.41, 5.74) is 2.30. The smallest absolute Gasteiger partial charge is 0.243 e. The second-order valence-electron chi connectivity index (χ2n) is 7.02. The predicted octanol–water partition coefficient (Wildman–Crippen LogP) is 3.86. The zero-order chi connectivity index (χ0) is 20.7. The first-order valence-electron chi connectivity index (χ1n) is 9.29. The van der Waals surface area contributed by atoms with Crippen molar-refractivity contribution in [1.82, 2.24) is 14.9 Å². The molecule has 29 heavy (non-hydrogen) atoms. The first kappa shape index (κ1) is 25.9. The Kier molecular flexibility index (Phi) is 10.6.